The predicted molar refractivity (Wildman–Crippen MR) is 61.6 cm³/mol. The van der Waals surface area contributed by atoms with Crippen LogP contribution >= 0.6 is 11.6 Å². The van der Waals surface area contributed by atoms with Crippen LogP contribution in [0.25, 0.3) is 0 Å². The highest BCUT2D eigenvalue weighted by Gasteiger charge is 2.27. The van der Waals surface area contributed by atoms with E-state index in [4.69, 9.17) is 11.6 Å². The Kier molecular flexibility index (Phi) is 4.94. The Morgan fingerprint density at radius 1 is 1.16 bits per heavy atom. The van der Waals surface area contributed by atoms with E-state index in [0.29, 0.717) is 0 Å². The molecule has 0 spiro atoms. The van der Waals surface area contributed by atoms with E-state index in [9.17, 15) is 22.8 Å². The number of hydrogen-bond acceptors (Lipinski definition) is 3. The van der Waals surface area contributed by atoms with Crippen LogP contribution < -0.4 is 0 Å². The minimum absolute atomic E-state index is 0.0477. The highest BCUT2D eigenvalue weighted by molar-refractivity contribution is 6.31. The Labute approximate surface area is 112 Å². The lowest BCUT2D eigenvalue weighted by molar-refractivity contribution is -0.141. The number of ketones is 1. The second-order valence-corrected chi connectivity index (χ2v) is 4.04. The van der Waals surface area contributed by atoms with E-state index in [2.05, 4.69) is 4.74 Å². The third-order valence-corrected chi connectivity index (χ3v) is 2.72. The van der Waals surface area contributed by atoms with Crippen molar-refractivity contribution in [1.29, 1.82) is 0 Å². The number of Topliss-reactive ketones (excluding diaryl/α,β-unsaturated/α-hetero) is 1. The van der Waals surface area contributed by atoms with E-state index in [-0.39, 0.29) is 6.61 Å². The number of hydrogen-bond donors (Lipinski definition) is 0. The van der Waals surface area contributed by atoms with Gasteiger partial charge in [0.1, 0.15) is 11.4 Å². The van der Waals surface area contributed by atoms with Crippen LogP contribution in [0.15, 0.2) is 0 Å². The maximum atomic E-state index is 13.7. The smallest absolute Gasteiger partial charge is 0.313 e. The van der Waals surface area contributed by atoms with Crippen LogP contribution in [0, 0.1) is 24.4 Å². The number of ether oxygens (including phenoxy) is 1. The van der Waals surface area contributed by atoms with Gasteiger partial charge in [0, 0.05) is 5.56 Å². The summed E-state index contributed by atoms with van der Waals surface area (Å²) >= 11 is 5.24. The van der Waals surface area contributed by atoms with Crippen molar-refractivity contribution < 1.29 is 27.5 Å². The van der Waals surface area contributed by atoms with E-state index in [1.807, 2.05) is 0 Å². The Hall–Kier alpha value is -1.56. The molecule has 0 saturated heterocycles. The Bertz CT molecular complexity index is 515. The molecule has 19 heavy (non-hydrogen) atoms. The summed E-state index contributed by atoms with van der Waals surface area (Å²) in [6.07, 6.45) is -0.771. The van der Waals surface area contributed by atoms with Gasteiger partial charge in [0.15, 0.2) is 23.2 Å². The molecule has 104 valence electrons. The molecule has 0 heterocycles. The molecule has 7 heteroatoms. The second kappa shape index (κ2) is 6.06. The molecule has 0 bridgehead atoms. The molecule has 0 aliphatic rings. The summed E-state index contributed by atoms with van der Waals surface area (Å²) in [5.41, 5.74) is -1.27. The summed E-state index contributed by atoms with van der Waals surface area (Å²) in [5, 5.41) is -1.12. The van der Waals surface area contributed by atoms with E-state index >= 15 is 0 Å². The number of carbonyl (C=O) groups excluding carboxylic acids is 2. The first-order valence-electron chi connectivity index (χ1n) is 5.32. The zero-order chi connectivity index (χ0) is 14.7. The predicted octanol–water partition coefficient (Wildman–Crippen LogP) is 3.20. The van der Waals surface area contributed by atoms with E-state index < -0.39 is 51.8 Å². The van der Waals surface area contributed by atoms with Crippen molar-refractivity contribution in [2.24, 2.45) is 0 Å². The average molecular weight is 295 g/mol. The van der Waals surface area contributed by atoms with Crippen molar-refractivity contribution in [3.05, 3.63) is 33.6 Å². The molecule has 0 aliphatic heterocycles. The minimum Gasteiger partial charge on any atom is -0.466 e. The summed E-state index contributed by atoms with van der Waals surface area (Å²) < 4.78 is 44.7. The standard InChI is InChI=1S/C12H10ClF3O3/c1-3-19-7(18)4-6(17)8-5(2)10(14)12(16)9(13)11(8)15/h3-4H2,1-2H3. The molecule has 0 atom stereocenters. The molecule has 0 amide bonds. The van der Waals surface area contributed by atoms with E-state index in [1.54, 1.807) is 0 Å². The molecule has 0 N–H and O–H groups in total. The summed E-state index contributed by atoms with van der Waals surface area (Å²) in [4.78, 5) is 22.8. The fourth-order valence-electron chi connectivity index (χ4n) is 1.50. The first-order valence-corrected chi connectivity index (χ1v) is 5.70. The molecule has 1 rings (SSSR count). The molecule has 1 aromatic carbocycles. The number of halogens is 4. The van der Waals surface area contributed by atoms with Gasteiger partial charge in [-0.1, -0.05) is 11.6 Å². The Morgan fingerprint density at radius 3 is 2.26 bits per heavy atom. The first-order chi connectivity index (χ1) is 8.81. The topological polar surface area (TPSA) is 43.4 Å². The summed E-state index contributed by atoms with van der Waals surface area (Å²) in [5.74, 6) is -6.27. The van der Waals surface area contributed by atoms with Gasteiger partial charge >= 0.3 is 5.97 Å². The summed E-state index contributed by atoms with van der Waals surface area (Å²) in [6.45, 7) is 2.60. The van der Waals surface area contributed by atoms with Gasteiger partial charge in [-0.2, -0.15) is 0 Å². The molecular formula is C12H10ClF3O3. The van der Waals surface area contributed by atoms with Gasteiger partial charge in [-0.05, 0) is 13.8 Å². The highest BCUT2D eigenvalue weighted by atomic mass is 35.5. The molecule has 1 aromatic rings. The molecule has 3 nitrogen and oxygen atoms in total. The third-order valence-electron chi connectivity index (χ3n) is 2.39. The fourth-order valence-corrected chi connectivity index (χ4v) is 1.68. The maximum Gasteiger partial charge on any atom is 0.313 e. The third kappa shape index (κ3) is 3.07. The monoisotopic (exact) mass is 294 g/mol. The zero-order valence-corrected chi connectivity index (χ0v) is 10.9. The van der Waals surface area contributed by atoms with Crippen LogP contribution in [0.3, 0.4) is 0 Å². The summed E-state index contributed by atoms with van der Waals surface area (Å²) in [7, 11) is 0. The quantitative estimate of drug-likeness (QED) is 0.282. The summed E-state index contributed by atoms with van der Waals surface area (Å²) in [6, 6.07) is 0. The van der Waals surface area contributed by atoms with Crippen LogP contribution in [0.2, 0.25) is 5.02 Å². The minimum atomic E-state index is -1.57. The molecule has 0 fully saturated rings. The second-order valence-electron chi connectivity index (χ2n) is 3.66. The molecular weight excluding hydrogens is 285 g/mol. The number of esters is 1. The molecule has 0 unspecified atom stereocenters. The van der Waals surface area contributed by atoms with Gasteiger partial charge in [-0.15, -0.1) is 0 Å². The first kappa shape index (κ1) is 15.5. The van der Waals surface area contributed by atoms with Crippen LogP contribution in [0.5, 0.6) is 0 Å². The van der Waals surface area contributed by atoms with Gasteiger partial charge in [-0.3, -0.25) is 9.59 Å². The van der Waals surface area contributed by atoms with Crippen molar-refractivity contribution in [3.8, 4) is 0 Å². The van der Waals surface area contributed by atoms with Crippen LogP contribution in [-0.2, 0) is 9.53 Å². The van der Waals surface area contributed by atoms with Crippen molar-refractivity contribution in [1.82, 2.24) is 0 Å². The largest absolute Gasteiger partial charge is 0.466 e. The van der Waals surface area contributed by atoms with Crippen molar-refractivity contribution >= 4 is 23.4 Å². The molecule has 0 aromatic heterocycles. The SMILES string of the molecule is CCOC(=O)CC(=O)c1c(C)c(F)c(F)c(Cl)c1F. The van der Waals surface area contributed by atoms with Gasteiger partial charge in [0.05, 0.1) is 12.2 Å². The van der Waals surface area contributed by atoms with E-state index in [0.717, 1.165) is 6.92 Å². The lowest BCUT2D eigenvalue weighted by Gasteiger charge is -2.10. The van der Waals surface area contributed by atoms with Crippen LogP contribution in [0.4, 0.5) is 13.2 Å². The van der Waals surface area contributed by atoms with Crippen LogP contribution in [-0.4, -0.2) is 18.4 Å². The van der Waals surface area contributed by atoms with Crippen LogP contribution in [0.1, 0.15) is 29.3 Å². The molecule has 0 aliphatic carbocycles. The average Bonchev–Trinajstić information content (AvgIpc) is 2.34. The fraction of sp³-hybridized carbons (Fsp3) is 0.333. The van der Waals surface area contributed by atoms with Gasteiger partial charge < -0.3 is 4.74 Å². The number of benzene rings is 1. The lowest BCUT2D eigenvalue weighted by Crippen LogP contribution is -2.15. The zero-order valence-electron chi connectivity index (χ0n) is 10.2. The molecule has 0 radical (unpaired) electrons. The van der Waals surface area contributed by atoms with Crippen molar-refractivity contribution in [2.45, 2.75) is 20.3 Å². The normalized spacial score (nSPS) is 10.4. The maximum absolute atomic E-state index is 13.7. The Balaban J connectivity index is 3.21. The number of carbonyl (C=O) groups is 2. The lowest BCUT2D eigenvalue weighted by atomic mass is 10.0. The van der Waals surface area contributed by atoms with E-state index in [1.165, 1.54) is 6.92 Å². The number of rotatable bonds is 4. The molecule has 0 saturated carbocycles. The van der Waals surface area contributed by atoms with Crippen molar-refractivity contribution in [3.63, 3.8) is 0 Å². The van der Waals surface area contributed by atoms with Crippen molar-refractivity contribution in [2.75, 3.05) is 6.61 Å². The van der Waals surface area contributed by atoms with Gasteiger partial charge in [-0.25, -0.2) is 13.2 Å². The van der Waals surface area contributed by atoms with Gasteiger partial charge in [0.2, 0.25) is 0 Å². The van der Waals surface area contributed by atoms with Gasteiger partial charge in [0.25, 0.3) is 0 Å². The highest BCUT2D eigenvalue weighted by Crippen LogP contribution is 2.29. The Morgan fingerprint density at radius 2 is 1.74 bits per heavy atom.